The topological polar surface area (TPSA) is 34.1 Å². The fourth-order valence-electron chi connectivity index (χ4n) is 2.32. The molecule has 0 aliphatic rings. The average molecular weight is 332 g/mol. The molecular weight excluding hydrogens is 316 g/mol. The van der Waals surface area contributed by atoms with E-state index in [0.29, 0.717) is 16.7 Å². The van der Waals surface area contributed by atoms with Gasteiger partial charge in [0.2, 0.25) is 0 Å². The molecule has 0 spiro atoms. The SMILES string of the molecule is CC(=O)c1ccc(C(=O)c2ccc(Sc3ccccc3)cc2)cc1. The van der Waals surface area contributed by atoms with Gasteiger partial charge in [0.25, 0.3) is 0 Å². The molecule has 0 N–H and O–H groups in total. The van der Waals surface area contributed by atoms with Crippen molar-refractivity contribution in [3.8, 4) is 0 Å². The number of rotatable bonds is 5. The molecule has 3 rings (SSSR count). The van der Waals surface area contributed by atoms with Gasteiger partial charge in [-0.2, -0.15) is 0 Å². The van der Waals surface area contributed by atoms with Crippen molar-refractivity contribution in [2.75, 3.05) is 0 Å². The van der Waals surface area contributed by atoms with Gasteiger partial charge in [0.1, 0.15) is 0 Å². The molecule has 0 saturated carbocycles. The van der Waals surface area contributed by atoms with Crippen molar-refractivity contribution in [1.82, 2.24) is 0 Å². The summed E-state index contributed by atoms with van der Waals surface area (Å²) < 4.78 is 0. The van der Waals surface area contributed by atoms with Crippen molar-refractivity contribution in [3.05, 3.63) is 95.6 Å². The maximum absolute atomic E-state index is 12.5. The van der Waals surface area contributed by atoms with Gasteiger partial charge in [-0.15, -0.1) is 0 Å². The lowest BCUT2D eigenvalue weighted by atomic mass is 10.0. The highest BCUT2D eigenvalue weighted by Crippen LogP contribution is 2.27. The Bertz CT molecular complexity index is 851. The summed E-state index contributed by atoms with van der Waals surface area (Å²) in [5.74, 6) is -0.0438. The van der Waals surface area contributed by atoms with Crippen molar-refractivity contribution < 1.29 is 9.59 Å². The summed E-state index contributed by atoms with van der Waals surface area (Å²) in [4.78, 5) is 26.1. The van der Waals surface area contributed by atoms with Gasteiger partial charge in [0.15, 0.2) is 11.6 Å². The first-order valence-electron chi connectivity index (χ1n) is 7.62. The quantitative estimate of drug-likeness (QED) is 0.597. The van der Waals surface area contributed by atoms with Crippen molar-refractivity contribution in [3.63, 3.8) is 0 Å². The molecule has 0 aliphatic heterocycles. The van der Waals surface area contributed by atoms with E-state index in [4.69, 9.17) is 0 Å². The maximum atomic E-state index is 12.5. The van der Waals surface area contributed by atoms with Gasteiger partial charge >= 0.3 is 0 Å². The molecule has 3 aromatic carbocycles. The summed E-state index contributed by atoms with van der Waals surface area (Å²) in [7, 11) is 0. The van der Waals surface area contributed by atoms with Crippen molar-refractivity contribution in [2.24, 2.45) is 0 Å². The molecule has 3 heteroatoms. The van der Waals surface area contributed by atoms with Crippen LogP contribution in [0.5, 0.6) is 0 Å². The number of ketones is 2. The first-order chi connectivity index (χ1) is 11.6. The highest BCUT2D eigenvalue weighted by Gasteiger charge is 2.10. The van der Waals surface area contributed by atoms with Gasteiger partial charge in [-0.1, -0.05) is 54.2 Å². The van der Waals surface area contributed by atoms with E-state index in [9.17, 15) is 9.59 Å². The molecule has 0 aromatic heterocycles. The summed E-state index contributed by atoms with van der Waals surface area (Å²) in [6.07, 6.45) is 0. The van der Waals surface area contributed by atoms with Crippen molar-refractivity contribution in [2.45, 2.75) is 16.7 Å². The summed E-state index contributed by atoms with van der Waals surface area (Å²) >= 11 is 1.66. The Hall–Kier alpha value is -2.65. The molecular formula is C21H16O2S. The second-order valence-electron chi connectivity index (χ2n) is 5.40. The molecule has 118 valence electrons. The minimum Gasteiger partial charge on any atom is -0.295 e. The monoisotopic (exact) mass is 332 g/mol. The van der Waals surface area contributed by atoms with Crippen LogP contribution < -0.4 is 0 Å². The Labute approximate surface area is 145 Å². The van der Waals surface area contributed by atoms with E-state index >= 15 is 0 Å². The predicted octanol–water partition coefficient (Wildman–Crippen LogP) is 5.27. The predicted molar refractivity (Wildman–Crippen MR) is 96.9 cm³/mol. The zero-order valence-electron chi connectivity index (χ0n) is 13.2. The maximum Gasteiger partial charge on any atom is 0.193 e. The Morgan fingerprint density at radius 3 is 1.62 bits per heavy atom. The normalized spacial score (nSPS) is 10.4. The highest BCUT2D eigenvalue weighted by atomic mass is 32.2. The number of Topliss-reactive ketones (excluding diaryl/α,β-unsaturated/α-hetero) is 1. The van der Waals surface area contributed by atoms with Crippen molar-refractivity contribution in [1.29, 1.82) is 0 Å². The number of hydrogen-bond donors (Lipinski definition) is 0. The zero-order chi connectivity index (χ0) is 16.9. The Kier molecular flexibility index (Phi) is 4.92. The van der Waals surface area contributed by atoms with Gasteiger partial charge in [0.05, 0.1) is 0 Å². The third kappa shape index (κ3) is 3.81. The first kappa shape index (κ1) is 16.2. The van der Waals surface area contributed by atoms with Crippen LogP contribution in [-0.4, -0.2) is 11.6 Å². The number of carbonyl (C=O) groups excluding carboxylic acids is 2. The van der Waals surface area contributed by atoms with E-state index in [1.807, 2.05) is 42.5 Å². The number of hydrogen-bond acceptors (Lipinski definition) is 3. The summed E-state index contributed by atoms with van der Waals surface area (Å²) in [6.45, 7) is 1.51. The summed E-state index contributed by atoms with van der Waals surface area (Å²) in [6, 6.07) is 24.5. The molecule has 3 aromatic rings. The Balaban J connectivity index is 1.75. The fourth-order valence-corrected chi connectivity index (χ4v) is 3.16. The second kappa shape index (κ2) is 7.28. The van der Waals surface area contributed by atoms with Crippen LogP contribution in [0.1, 0.15) is 33.2 Å². The van der Waals surface area contributed by atoms with Crippen LogP contribution in [0, 0.1) is 0 Å². The van der Waals surface area contributed by atoms with E-state index in [2.05, 4.69) is 12.1 Å². The molecule has 0 heterocycles. The first-order valence-corrected chi connectivity index (χ1v) is 8.44. The van der Waals surface area contributed by atoms with E-state index in [-0.39, 0.29) is 11.6 Å². The molecule has 0 bridgehead atoms. The zero-order valence-corrected chi connectivity index (χ0v) is 14.0. The van der Waals surface area contributed by atoms with Crippen molar-refractivity contribution >= 4 is 23.3 Å². The standard InChI is InChI=1S/C21H16O2S/c1-15(22)16-7-9-17(10-8-16)21(23)18-11-13-20(14-12-18)24-19-5-3-2-4-6-19/h2-14H,1H3. The van der Waals surface area contributed by atoms with E-state index in [1.165, 1.54) is 6.92 Å². The molecule has 24 heavy (non-hydrogen) atoms. The van der Waals surface area contributed by atoms with Crippen LogP contribution in [0.15, 0.2) is 88.7 Å². The lowest BCUT2D eigenvalue weighted by molar-refractivity contribution is 0.101. The molecule has 0 amide bonds. The lowest BCUT2D eigenvalue weighted by Gasteiger charge is -2.05. The van der Waals surface area contributed by atoms with Crippen LogP contribution >= 0.6 is 11.8 Å². The third-order valence-corrected chi connectivity index (χ3v) is 4.66. The van der Waals surface area contributed by atoms with Gasteiger partial charge in [-0.05, 0) is 43.3 Å². The smallest absolute Gasteiger partial charge is 0.193 e. The van der Waals surface area contributed by atoms with Crippen LogP contribution in [0.25, 0.3) is 0 Å². The van der Waals surface area contributed by atoms with Crippen LogP contribution in [0.4, 0.5) is 0 Å². The molecule has 0 fully saturated rings. The number of carbonyl (C=O) groups is 2. The van der Waals surface area contributed by atoms with Gasteiger partial charge in [0, 0.05) is 26.5 Å². The van der Waals surface area contributed by atoms with Crippen LogP contribution in [0.2, 0.25) is 0 Å². The minimum atomic E-state index is -0.0404. The molecule has 0 atom stereocenters. The van der Waals surface area contributed by atoms with Gasteiger partial charge in [-0.3, -0.25) is 9.59 Å². The highest BCUT2D eigenvalue weighted by molar-refractivity contribution is 7.99. The second-order valence-corrected chi connectivity index (χ2v) is 6.55. The Morgan fingerprint density at radius 1 is 0.625 bits per heavy atom. The number of benzene rings is 3. The van der Waals surface area contributed by atoms with E-state index < -0.39 is 0 Å². The minimum absolute atomic E-state index is 0.00344. The molecule has 2 nitrogen and oxygen atoms in total. The molecule has 0 unspecified atom stereocenters. The Morgan fingerprint density at radius 2 is 1.08 bits per heavy atom. The van der Waals surface area contributed by atoms with Gasteiger partial charge in [-0.25, -0.2) is 0 Å². The van der Waals surface area contributed by atoms with Crippen LogP contribution in [0.3, 0.4) is 0 Å². The summed E-state index contributed by atoms with van der Waals surface area (Å²) in [5.41, 5.74) is 1.84. The largest absolute Gasteiger partial charge is 0.295 e. The van der Waals surface area contributed by atoms with E-state index in [1.54, 1.807) is 36.0 Å². The molecule has 0 saturated heterocycles. The van der Waals surface area contributed by atoms with Crippen LogP contribution in [-0.2, 0) is 0 Å². The van der Waals surface area contributed by atoms with E-state index in [0.717, 1.165) is 9.79 Å². The molecule has 0 radical (unpaired) electrons. The lowest BCUT2D eigenvalue weighted by Crippen LogP contribution is -2.02. The third-order valence-electron chi connectivity index (χ3n) is 3.65. The fraction of sp³-hybridized carbons (Fsp3) is 0.0476. The van der Waals surface area contributed by atoms with Gasteiger partial charge < -0.3 is 0 Å². The summed E-state index contributed by atoms with van der Waals surface area (Å²) in [5, 5.41) is 0. The molecule has 0 aliphatic carbocycles. The average Bonchev–Trinajstić information content (AvgIpc) is 2.63.